The number of rotatable bonds is 1. The predicted octanol–water partition coefficient (Wildman–Crippen LogP) is 3.42. The highest BCUT2D eigenvalue weighted by molar-refractivity contribution is 7.15. The van der Waals surface area contributed by atoms with Gasteiger partial charge < -0.3 is 5.73 Å². The van der Waals surface area contributed by atoms with Crippen LogP contribution < -0.4 is 5.73 Å². The van der Waals surface area contributed by atoms with E-state index in [2.05, 4.69) is 4.98 Å². The highest BCUT2D eigenvalue weighted by atomic mass is 32.1. The average molecular weight is 266 g/mol. The van der Waals surface area contributed by atoms with Gasteiger partial charge in [-0.05, 0) is 31.4 Å². The summed E-state index contributed by atoms with van der Waals surface area (Å²) in [6.45, 7) is 0. The molecule has 2 aromatic rings. The van der Waals surface area contributed by atoms with Crippen LogP contribution in [0.2, 0.25) is 0 Å². The number of thiazole rings is 1. The molecule has 0 saturated carbocycles. The molecule has 1 aromatic carbocycles. The molecule has 0 fully saturated rings. The first-order chi connectivity index (χ1) is 8.66. The van der Waals surface area contributed by atoms with Gasteiger partial charge in [-0.25, -0.2) is 13.8 Å². The molecule has 0 aliphatic heterocycles. The predicted molar refractivity (Wildman–Crippen MR) is 67.3 cm³/mol. The van der Waals surface area contributed by atoms with Crippen molar-refractivity contribution in [1.29, 1.82) is 0 Å². The second-order valence-electron chi connectivity index (χ2n) is 4.42. The van der Waals surface area contributed by atoms with Crippen LogP contribution in [0.1, 0.15) is 29.5 Å². The fourth-order valence-corrected chi connectivity index (χ4v) is 3.48. The maximum absolute atomic E-state index is 13.7. The molecule has 5 heteroatoms. The zero-order valence-corrected chi connectivity index (χ0v) is 10.4. The number of halogens is 2. The molecule has 1 aliphatic carbocycles. The van der Waals surface area contributed by atoms with Gasteiger partial charge in [0.15, 0.2) is 0 Å². The quantitative estimate of drug-likeness (QED) is 0.859. The van der Waals surface area contributed by atoms with Crippen molar-refractivity contribution in [3.05, 3.63) is 40.4 Å². The summed E-state index contributed by atoms with van der Waals surface area (Å²) in [6.07, 6.45) is 2.79. The van der Waals surface area contributed by atoms with E-state index in [1.807, 2.05) is 0 Å². The highest BCUT2D eigenvalue weighted by Gasteiger charge is 2.24. The summed E-state index contributed by atoms with van der Waals surface area (Å²) in [4.78, 5) is 5.40. The van der Waals surface area contributed by atoms with E-state index >= 15 is 0 Å². The van der Waals surface area contributed by atoms with Crippen molar-refractivity contribution < 1.29 is 8.78 Å². The molecule has 0 spiro atoms. The van der Waals surface area contributed by atoms with Gasteiger partial charge in [0.25, 0.3) is 0 Å². The molecule has 18 heavy (non-hydrogen) atoms. The highest BCUT2D eigenvalue weighted by Crippen LogP contribution is 2.37. The van der Waals surface area contributed by atoms with E-state index in [0.717, 1.165) is 29.8 Å². The van der Waals surface area contributed by atoms with Crippen LogP contribution >= 0.6 is 11.3 Å². The van der Waals surface area contributed by atoms with Crippen molar-refractivity contribution in [2.24, 2.45) is 5.73 Å². The molecule has 3 rings (SSSR count). The second-order valence-corrected chi connectivity index (χ2v) is 5.51. The Hall–Kier alpha value is -1.33. The third-order valence-electron chi connectivity index (χ3n) is 3.17. The van der Waals surface area contributed by atoms with Gasteiger partial charge >= 0.3 is 0 Å². The molecular formula is C13H12F2N2S. The van der Waals surface area contributed by atoms with Gasteiger partial charge in [0.1, 0.15) is 16.6 Å². The molecule has 1 unspecified atom stereocenters. The second kappa shape index (κ2) is 4.40. The number of aryl methyl sites for hydroxylation is 1. The molecule has 0 radical (unpaired) electrons. The summed E-state index contributed by atoms with van der Waals surface area (Å²) >= 11 is 1.35. The summed E-state index contributed by atoms with van der Waals surface area (Å²) in [6, 6.07) is 3.75. The molecule has 1 aromatic heterocycles. The lowest BCUT2D eigenvalue weighted by Crippen LogP contribution is -2.16. The zero-order chi connectivity index (χ0) is 12.7. The number of benzene rings is 1. The van der Waals surface area contributed by atoms with Crippen molar-refractivity contribution in [2.45, 2.75) is 25.3 Å². The van der Waals surface area contributed by atoms with E-state index in [0.29, 0.717) is 5.01 Å². The Kier molecular flexibility index (Phi) is 2.87. The Labute approximate surface area is 107 Å². The Balaban J connectivity index is 2.13. The Morgan fingerprint density at radius 1 is 1.28 bits per heavy atom. The Morgan fingerprint density at radius 3 is 2.67 bits per heavy atom. The van der Waals surface area contributed by atoms with Crippen LogP contribution in [-0.2, 0) is 6.42 Å². The molecule has 1 aliphatic rings. The molecule has 0 saturated heterocycles. The van der Waals surface area contributed by atoms with E-state index in [4.69, 9.17) is 5.73 Å². The van der Waals surface area contributed by atoms with Gasteiger partial charge in [0, 0.05) is 10.9 Å². The van der Waals surface area contributed by atoms with E-state index in [1.54, 1.807) is 0 Å². The monoisotopic (exact) mass is 266 g/mol. The number of fused-ring (bicyclic) bond motifs is 1. The lowest BCUT2D eigenvalue weighted by molar-refractivity contribution is 0.563. The normalized spacial score (nSPS) is 18.7. The third kappa shape index (κ3) is 1.83. The van der Waals surface area contributed by atoms with Crippen LogP contribution in [0.3, 0.4) is 0 Å². The van der Waals surface area contributed by atoms with Crippen LogP contribution in [0.15, 0.2) is 18.2 Å². The fraction of sp³-hybridized carbons (Fsp3) is 0.308. The SMILES string of the molecule is NC1CCCc2sc(-c3c(F)cccc3F)nc21. The molecule has 0 amide bonds. The molecule has 2 nitrogen and oxygen atoms in total. The molecular weight excluding hydrogens is 254 g/mol. The summed E-state index contributed by atoms with van der Waals surface area (Å²) < 4.78 is 27.4. The third-order valence-corrected chi connectivity index (χ3v) is 4.32. The zero-order valence-electron chi connectivity index (χ0n) is 9.62. The standard InChI is InChI=1S/C13H12F2N2S/c14-7-3-1-4-8(15)11(7)13-17-12-9(16)5-2-6-10(12)18-13/h1,3-4,9H,2,5-6,16H2. The van der Waals surface area contributed by atoms with E-state index in [1.165, 1.54) is 29.5 Å². The van der Waals surface area contributed by atoms with Gasteiger partial charge in [-0.2, -0.15) is 0 Å². The summed E-state index contributed by atoms with van der Waals surface area (Å²) in [5.74, 6) is -1.15. The first-order valence-corrected chi connectivity index (χ1v) is 6.68. The van der Waals surface area contributed by atoms with Crippen LogP contribution in [0.4, 0.5) is 8.78 Å². The van der Waals surface area contributed by atoms with Gasteiger partial charge in [0.2, 0.25) is 0 Å². The van der Waals surface area contributed by atoms with Crippen molar-refractivity contribution in [3.63, 3.8) is 0 Å². The minimum Gasteiger partial charge on any atom is -0.323 e. The van der Waals surface area contributed by atoms with Crippen LogP contribution in [0.5, 0.6) is 0 Å². The molecule has 94 valence electrons. The van der Waals surface area contributed by atoms with Gasteiger partial charge in [-0.1, -0.05) is 6.07 Å². The summed E-state index contributed by atoms with van der Waals surface area (Å²) in [5.41, 5.74) is 6.74. The summed E-state index contributed by atoms with van der Waals surface area (Å²) in [5, 5.41) is 0.396. The van der Waals surface area contributed by atoms with Gasteiger partial charge in [-0.15, -0.1) is 11.3 Å². The maximum atomic E-state index is 13.7. The Bertz CT molecular complexity index is 574. The van der Waals surface area contributed by atoms with Crippen LogP contribution in [0.25, 0.3) is 10.6 Å². The van der Waals surface area contributed by atoms with Crippen molar-refractivity contribution >= 4 is 11.3 Å². The van der Waals surface area contributed by atoms with Crippen LogP contribution in [0, 0.1) is 11.6 Å². The topological polar surface area (TPSA) is 38.9 Å². The number of aromatic nitrogens is 1. The van der Waals surface area contributed by atoms with Crippen molar-refractivity contribution in [3.8, 4) is 10.6 Å². The van der Waals surface area contributed by atoms with E-state index < -0.39 is 11.6 Å². The lowest BCUT2D eigenvalue weighted by atomic mass is 9.99. The number of hydrogen-bond acceptors (Lipinski definition) is 3. The van der Waals surface area contributed by atoms with Crippen LogP contribution in [-0.4, -0.2) is 4.98 Å². The van der Waals surface area contributed by atoms with E-state index in [9.17, 15) is 8.78 Å². The molecule has 0 bridgehead atoms. The molecule has 2 N–H and O–H groups in total. The summed E-state index contributed by atoms with van der Waals surface area (Å²) in [7, 11) is 0. The molecule has 1 heterocycles. The fourth-order valence-electron chi connectivity index (χ4n) is 2.26. The lowest BCUT2D eigenvalue weighted by Gasteiger charge is -2.15. The maximum Gasteiger partial charge on any atom is 0.136 e. The van der Waals surface area contributed by atoms with Crippen molar-refractivity contribution in [2.75, 3.05) is 0 Å². The number of hydrogen-bond donors (Lipinski definition) is 1. The van der Waals surface area contributed by atoms with Gasteiger partial charge in [0.05, 0.1) is 11.3 Å². The Morgan fingerprint density at radius 2 is 2.00 bits per heavy atom. The van der Waals surface area contributed by atoms with E-state index in [-0.39, 0.29) is 11.6 Å². The average Bonchev–Trinajstić information content (AvgIpc) is 2.74. The van der Waals surface area contributed by atoms with Crippen molar-refractivity contribution in [1.82, 2.24) is 4.98 Å². The minimum atomic E-state index is -0.574. The smallest absolute Gasteiger partial charge is 0.136 e. The first-order valence-electron chi connectivity index (χ1n) is 5.86. The minimum absolute atomic E-state index is 0.0379. The van der Waals surface area contributed by atoms with Gasteiger partial charge in [-0.3, -0.25) is 0 Å². The number of nitrogens with zero attached hydrogens (tertiary/aromatic N) is 1. The number of nitrogens with two attached hydrogens (primary N) is 1. The molecule has 1 atom stereocenters. The first kappa shape index (κ1) is 11.7. The largest absolute Gasteiger partial charge is 0.323 e.